The highest BCUT2D eigenvalue weighted by molar-refractivity contribution is 6.60. The Morgan fingerprint density at radius 3 is 1.61 bits per heavy atom. The van der Waals surface area contributed by atoms with E-state index >= 15 is 0 Å². The molecule has 0 amide bonds. The zero-order valence-corrected chi connectivity index (χ0v) is 21.0. The summed E-state index contributed by atoms with van der Waals surface area (Å²) in [6.07, 6.45) is 0.903. The molecule has 9 heteroatoms. The monoisotopic (exact) mass is 477 g/mol. The van der Waals surface area contributed by atoms with Gasteiger partial charge in [-0.25, -0.2) is 0 Å². The highest BCUT2D eigenvalue weighted by atomic mass is 28.4. The Morgan fingerprint density at radius 2 is 1.18 bits per heavy atom. The van der Waals surface area contributed by atoms with E-state index < -0.39 is 8.80 Å². The second kappa shape index (κ2) is 15.0. The number of hydrogen-bond acceptors (Lipinski definition) is 8. The van der Waals surface area contributed by atoms with Crippen LogP contribution in [0.2, 0.25) is 6.04 Å². The van der Waals surface area contributed by atoms with Crippen molar-refractivity contribution >= 4 is 8.80 Å². The number of nitrogens with one attached hydrogen (secondary N) is 2. The average Bonchev–Trinajstić information content (AvgIpc) is 2.84. The number of para-hydroxylation sites is 2. The second-order valence-electron chi connectivity index (χ2n) is 7.85. The molecule has 0 aliphatic heterocycles. The summed E-state index contributed by atoms with van der Waals surface area (Å²) >= 11 is 0. The van der Waals surface area contributed by atoms with Gasteiger partial charge in [0.15, 0.2) is 0 Å². The SMILES string of the molecule is CO[Si](CCCN(CCNCc1ccccc1O)CCNCc1ccccc1O)(OC)OC. The van der Waals surface area contributed by atoms with Gasteiger partial charge in [-0.15, -0.1) is 0 Å². The minimum atomic E-state index is -2.57. The average molecular weight is 478 g/mol. The molecule has 0 heterocycles. The maximum Gasteiger partial charge on any atom is 0.500 e. The molecule has 0 saturated carbocycles. The van der Waals surface area contributed by atoms with Gasteiger partial charge < -0.3 is 39.0 Å². The van der Waals surface area contributed by atoms with Gasteiger partial charge in [-0.2, -0.15) is 0 Å². The van der Waals surface area contributed by atoms with Gasteiger partial charge in [-0.1, -0.05) is 36.4 Å². The largest absolute Gasteiger partial charge is 0.508 e. The summed E-state index contributed by atoms with van der Waals surface area (Å²) in [7, 11) is 2.35. The first-order valence-electron chi connectivity index (χ1n) is 11.4. The molecule has 0 aliphatic rings. The second-order valence-corrected chi connectivity index (χ2v) is 10.9. The third kappa shape index (κ3) is 9.42. The molecule has 0 aliphatic carbocycles. The fourth-order valence-corrected chi connectivity index (χ4v) is 5.36. The highest BCUT2D eigenvalue weighted by Gasteiger charge is 2.37. The first-order chi connectivity index (χ1) is 16.0. The molecule has 0 fully saturated rings. The maximum atomic E-state index is 9.93. The minimum Gasteiger partial charge on any atom is -0.508 e. The molecule has 4 N–H and O–H groups in total. The fourth-order valence-electron chi connectivity index (χ4n) is 3.65. The van der Waals surface area contributed by atoms with Crippen LogP contribution in [0.15, 0.2) is 48.5 Å². The summed E-state index contributed by atoms with van der Waals surface area (Å²) in [6.45, 7) is 5.48. The van der Waals surface area contributed by atoms with Crippen molar-refractivity contribution in [3.8, 4) is 11.5 Å². The van der Waals surface area contributed by atoms with Crippen LogP contribution in [0.25, 0.3) is 0 Å². The van der Waals surface area contributed by atoms with E-state index in [0.29, 0.717) is 24.6 Å². The van der Waals surface area contributed by atoms with Crippen LogP contribution in [0.5, 0.6) is 11.5 Å². The predicted octanol–water partition coefficient (Wildman–Crippen LogP) is 2.55. The van der Waals surface area contributed by atoms with Gasteiger partial charge in [0.25, 0.3) is 0 Å². The molecule has 0 saturated heterocycles. The lowest BCUT2D eigenvalue weighted by molar-refractivity contribution is 0.121. The van der Waals surface area contributed by atoms with Crippen LogP contribution in [0, 0.1) is 0 Å². The Morgan fingerprint density at radius 1 is 0.727 bits per heavy atom. The van der Waals surface area contributed by atoms with Crippen LogP contribution in [0.4, 0.5) is 0 Å². The molecule has 0 spiro atoms. The van der Waals surface area contributed by atoms with Crippen LogP contribution in [-0.2, 0) is 26.4 Å². The minimum absolute atomic E-state index is 0.315. The number of aromatic hydroxyl groups is 2. The summed E-state index contributed by atoms with van der Waals surface area (Å²) < 4.78 is 16.6. The van der Waals surface area contributed by atoms with E-state index in [-0.39, 0.29) is 0 Å². The number of phenolic OH excluding ortho intramolecular Hbond substituents is 2. The Bertz CT molecular complexity index is 745. The Hall–Kier alpha value is -1.98. The topological polar surface area (TPSA) is 95.5 Å². The maximum absolute atomic E-state index is 9.93. The summed E-state index contributed by atoms with van der Waals surface area (Å²) in [5.41, 5.74) is 1.79. The molecule has 8 nitrogen and oxygen atoms in total. The highest BCUT2D eigenvalue weighted by Crippen LogP contribution is 2.17. The zero-order chi connectivity index (χ0) is 23.9. The Balaban J connectivity index is 1.81. The van der Waals surface area contributed by atoms with Crippen molar-refractivity contribution in [1.29, 1.82) is 0 Å². The van der Waals surface area contributed by atoms with Crippen LogP contribution >= 0.6 is 0 Å². The van der Waals surface area contributed by atoms with Gasteiger partial charge in [-0.3, -0.25) is 0 Å². The van der Waals surface area contributed by atoms with Gasteiger partial charge in [0, 0.05) is 77.8 Å². The number of nitrogens with zero attached hydrogens (tertiary/aromatic N) is 1. The van der Waals surface area contributed by atoms with E-state index in [1.165, 1.54) is 0 Å². The van der Waals surface area contributed by atoms with E-state index in [4.69, 9.17) is 13.3 Å². The quantitative estimate of drug-likeness (QED) is 0.204. The lowest BCUT2D eigenvalue weighted by atomic mass is 10.2. The van der Waals surface area contributed by atoms with Crippen molar-refractivity contribution in [2.45, 2.75) is 25.6 Å². The molecule has 2 rings (SSSR count). The number of benzene rings is 2. The molecular formula is C24H39N3O5Si. The number of rotatable bonds is 17. The third-order valence-corrected chi connectivity index (χ3v) is 8.55. The zero-order valence-electron chi connectivity index (χ0n) is 20.0. The number of phenols is 2. The smallest absolute Gasteiger partial charge is 0.500 e. The van der Waals surface area contributed by atoms with Crippen LogP contribution in [-0.4, -0.2) is 78.0 Å². The normalized spacial score (nSPS) is 11.9. The lowest BCUT2D eigenvalue weighted by Gasteiger charge is -2.27. The van der Waals surface area contributed by atoms with Gasteiger partial charge in [0.2, 0.25) is 0 Å². The van der Waals surface area contributed by atoms with Gasteiger partial charge >= 0.3 is 8.80 Å². The van der Waals surface area contributed by atoms with Gasteiger partial charge in [0.1, 0.15) is 11.5 Å². The first-order valence-corrected chi connectivity index (χ1v) is 13.3. The van der Waals surface area contributed by atoms with E-state index in [1.807, 2.05) is 36.4 Å². The van der Waals surface area contributed by atoms with E-state index in [2.05, 4.69) is 15.5 Å². The molecule has 2 aromatic rings. The van der Waals surface area contributed by atoms with E-state index in [1.54, 1.807) is 33.5 Å². The van der Waals surface area contributed by atoms with Crippen LogP contribution in [0.1, 0.15) is 17.5 Å². The summed E-state index contributed by atoms with van der Waals surface area (Å²) in [5.74, 6) is 0.630. The molecule has 0 aromatic heterocycles. The van der Waals surface area contributed by atoms with Crippen molar-refractivity contribution in [2.24, 2.45) is 0 Å². The van der Waals surface area contributed by atoms with Crippen molar-refractivity contribution in [3.63, 3.8) is 0 Å². The summed E-state index contributed by atoms with van der Waals surface area (Å²) in [6, 6.07) is 15.5. The van der Waals surface area contributed by atoms with Gasteiger partial charge in [-0.05, 0) is 25.1 Å². The lowest BCUT2D eigenvalue weighted by Crippen LogP contribution is -2.44. The fraction of sp³-hybridized carbons (Fsp3) is 0.500. The van der Waals surface area contributed by atoms with Crippen LogP contribution in [0.3, 0.4) is 0 Å². The molecular weight excluding hydrogens is 438 g/mol. The van der Waals surface area contributed by atoms with Crippen molar-refractivity contribution in [1.82, 2.24) is 15.5 Å². The third-order valence-electron chi connectivity index (χ3n) is 5.71. The molecule has 33 heavy (non-hydrogen) atoms. The van der Waals surface area contributed by atoms with Crippen LogP contribution < -0.4 is 10.6 Å². The summed E-state index contributed by atoms with van der Waals surface area (Å²) in [5, 5.41) is 26.7. The predicted molar refractivity (Wildman–Crippen MR) is 132 cm³/mol. The summed E-state index contributed by atoms with van der Waals surface area (Å²) in [4.78, 5) is 2.38. The first kappa shape index (κ1) is 27.3. The molecule has 2 aromatic carbocycles. The molecule has 0 atom stereocenters. The molecule has 184 valence electrons. The van der Waals surface area contributed by atoms with Crippen molar-refractivity contribution < 1.29 is 23.5 Å². The molecule has 0 radical (unpaired) electrons. The van der Waals surface area contributed by atoms with E-state index in [9.17, 15) is 10.2 Å². The van der Waals surface area contributed by atoms with E-state index in [0.717, 1.165) is 56.3 Å². The van der Waals surface area contributed by atoms with Crippen molar-refractivity contribution in [2.75, 3.05) is 54.1 Å². The number of hydrogen-bond donors (Lipinski definition) is 4. The Labute approximate surface area is 198 Å². The standard InChI is InChI=1S/C24H39N3O5Si/c1-30-33(31-2,32-3)18-8-15-27(16-13-25-19-21-9-4-6-11-23(21)28)17-14-26-20-22-10-5-7-12-24(22)29/h4-7,9-12,25-26,28-29H,8,13-20H2,1-3H3. The van der Waals surface area contributed by atoms with Crippen molar-refractivity contribution in [3.05, 3.63) is 59.7 Å². The Kier molecular flexibility index (Phi) is 12.4. The molecule has 0 bridgehead atoms. The molecule has 0 unspecified atom stereocenters. The van der Waals surface area contributed by atoms with Gasteiger partial charge in [0.05, 0.1) is 0 Å².